The predicted molar refractivity (Wildman–Crippen MR) is 90.6 cm³/mol. The van der Waals surface area contributed by atoms with Crippen LogP contribution in [0, 0.1) is 0 Å². The number of methoxy groups -OCH3 is 1. The van der Waals surface area contributed by atoms with Crippen molar-refractivity contribution in [1.82, 2.24) is 4.98 Å². The molecule has 0 amide bonds. The maximum Gasteiger partial charge on any atom is 0.362 e. The van der Waals surface area contributed by atoms with Crippen LogP contribution in [-0.4, -0.2) is 35.7 Å². The van der Waals surface area contributed by atoms with Gasteiger partial charge in [0, 0.05) is 5.56 Å². The van der Waals surface area contributed by atoms with Gasteiger partial charge in [-0.3, -0.25) is 0 Å². The number of carbonyl (C=O) groups is 2. The molecule has 0 saturated heterocycles. The first kappa shape index (κ1) is 18.3. The van der Waals surface area contributed by atoms with Crippen molar-refractivity contribution >= 4 is 34.2 Å². The Morgan fingerprint density at radius 1 is 1.28 bits per heavy atom. The largest absolute Gasteiger partial charge is 0.505 e. The summed E-state index contributed by atoms with van der Waals surface area (Å²) in [5.74, 6) is -1.74. The van der Waals surface area contributed by atoms with Gasteiger partial charge in [0.25, 0.3) is 0 Å². The minimum absolute atomic E-state index is 0.115. The number of aliphatic hydroxyl groups excluding tert-OH is 1. The van der Waals surface area contributed by atoms with E-state index in [1.54, 1.807) is 37.3 Å². The third-order valence-electron chi connectivity index (χ3n) is 2.86. The van der Waals surface area contributed by atoms with Gasteiger partial charge in [-0.1, -0.05) is 41.7 Å². The molecular weight excluding hydrogens is 346 g/mol. The lowest BCUT2D eigenvalue weighted by molar-refractivity contribution is -0.138. The van der Waals surface area contributed by atoms with Crippen molar-refractivity contribution < 1.29 is 24.2 Å². The summed E-state index contributed by atoms with van der Waals surface area (Å²) >= 11 is 0.938. The van der Waals surface area contributed by atoms with E-state index >= 15 is 0 Å². The molecule has 0 atom stereocenters. The molecule has 0 saturated carbocycles. The van der Waals surface area contributed by atoms with Crippen LogP contribution in [0.3, 0.4) is 0 Å². The summed E-state index contributed by atoms with van der Waals surface area (Å²) in [6.45, 7) is 1.75. The van der Waals surface area contributed by atoms with Crippen molar-refractivity contribution in [2.45, 2.75) is 6.92 Å². The van der Waals surface area contributed by atoms with Crippen LogP contribution in [0.2, 0.25) is 0 Å². The highest BCUT2D eigenvalue weighted by atomic mass is 32.1. The number of azo groups is 1. The molecule has 1 heterocycles. The molecule has 0 fully saturated rings. The van der Waals surface area contributed by atoms with Gasteiger partial charge in [-0.15, -0.1) is 10.2 Å². The number of nitrogens with zero attached hydrogens (tertiary/aromatic N) is 3. The first-order chi connectivity index (χ1) is 12.1. The number of thiazole rings is 1. The fourth-order valence-corrected chi connectivity index (χ4v) is 2.37. The highest BCUT2D eigenvalue weighted by Crippen LogP contribution is 2.25. The second kappa shape index (κ2) is 8.69. The maximum absolute atomic E-state index is 12.1. The van der Waals surface area contributed by atoms with E-state index in [-0.39, 0.29) is 28.1 Å². The van der Waals surface area contributed by atoms with Crippen molar-refractivity contribution in [2.24, 2.45) is 10.2 Å². The molecule has 1 aromatic heterocycles. The number of hydrogen-bond donors (Lipinski definition) is 1. The fraction of sp³-hybridized carbons (Fsp3) is 0.188. The van der Waals surface area contributed by atoms with Crippen molar-refractivity contribution in [1.29, 1.82) is 0 Å². The Bertz CT molecular complexity index is 814. The Hall–Kier alpha value is -3.07. The van der Waals surface area contributed by atoms with E-state index in [1.165, 1.54) is 13.3 Å². The third-order valence-corrected chi connectivity index (χ3v) is 3.72. The molecule has 25 heavy (non-hydrogen) atoms. The van der Waals surface area contributed by atoms with Crippen molar-refractivity contribution in [3.05, 3.63) is 52.7 Å². The van der Waals surface area contributed by atoms with E-state index in [9.17, 15) is 14.7 Å². The van der Waals surface area contributed by atoms with Gasteiger partial charge in [-0.2, -0.15) is 0 Å². The Morgan fingerprint density at radius 2 is 2.00 bits per heavy atom. The summed E-state index contributed by atoms with van der Waals surface area (Å²) < 4.78 is 9.47. The molecule has 0 radical (unpaired) electrons. The topological polar surface area (TPSA) is 110 Å². The molecule has 0 spiro atoms. The lowest BCUT2D eigenvalue weighted by atomic mass is 10.1. The summed E-state index contributed by atoms with van der Waals surface area (Å²) in [5, 5.41) is 18.0. The Kier molecular flexibility index (Phi) is 6.35. The summed E-state index contributed by atoms with van der Waals surface area (Å²) in [5.41, 5.74) is 0.0294. The molecule has 0 aliphatic carbocycles. The van der Waals surface area contributed by atoms with Gasteiger partial charge in [0.1, 0.15) is 4.88 Å². The predicted octanol–water partition coefficient (Wildman–Crippen LogP) is 3.50. The van der Waals surface area contributed by atoms with Gasteiger partial charge in [-0.25, -0.2) is 14.6 Å². The van der Waals surface area contributed by atoms with Gasteiger partial charge in [0.15, 0.2) is 5.76 Å². The molecule has 1 aromatic carbocycles. The van der Waals surface area contributed by atoms with Crippen LogP contribution in [0.15, 0.2) is 52.5 Å². The zero-order chi connectivity index (χ0) is 18.2. The van der Waals surface area contributed by atoms with Gasteiger partial charge in [-0.05, 0) is 6.92 Å². The highest BCUT2D eigenvalue weighted by Gasteiger charge is 2.18. The fourth-order valence-electron chi connectivity index (χ4n) is 1.72. The number of aliphatic hydroxyl groups is 1. The average Bonchev–Trinajstić information content (AvgIpc) is 3.11. The number of benzene rings is 1. The summed E-state index contributed by atoms with van der Waals surface area (Å²) in [4.78, 5) is 27.6. The monoisotopic (exact) mass is 361 g/mol. The average molecular weight is 361 g/mol. The van der Waals surface area contributed by atoms with E-state index in [2.05, 4.69) is 19.9 Å². The Morgan fingerprint density at radius 3 is 2.64 bits per heavy atom. The molecule has 9 heteroatoms. The molecule has 1 N–H and O–H groups in total. The molecule has 2 rings (SSSR count). The lowest BCUT2D eigenvalue weighted by Crippen LogP contribution is -2.08. The van der Waals surface area contributed by atoms with Crippen LogP contribution in [0.25, 0.3) is 5.76 Å². The molecule has 0 bridgehead atoms. The molecule has 0 aliphatic heterocycles. The molecule has 0 aliphatic rings. The quantitative estimate of drug-likeness (QED) is 0.365. The minimum atomic E-state index is -0.822. The third kappa shape index (κ3) is 4.70. The first-order valence-corrected chi connectivity index (χ1v) is 8.00. The molecular formula is C16H15N3O5S. The van der Waals surface area contributed by atoms with Gasteiger partial charge in [0.05, 0.1) is 19.9 Å². The van der Waals surface area contributed by atoms with Crippen molar-refractivity contribution in [3.8, 4) is 0 Å². The number of ether oxygens (including phenoxy) is 2. The van der Waals surface area contributed by atoms with E-state index < -0.39 is 11.9 Å². The summed E-state index contributed by atoms with van der Waals surface area (Å²) in [6, 6.07) is 8.40. The molecule has 0 unspecified atom stereocenters. The van der Waals surface area contributed by atoms with Crippen molar-refractivity contribution in [3.63, 3.8) is 0 Å². The van der Waals surface area contributed by atoms with Crippen LogP contribution in [0.5, 0.6) is 0 Å². The van der Waals surface area contributed by atoms with E-state index in [4.69, 9.17) is 4.74 Å². The molecule has 8 nitrogen and oxygen atoms in total. The Labute approximate surface area is 147 Å². The van der Waals surface area contributed by atoms with E-state index in [0.717, 1.165) is 11.3 Å². The zero-order valence-corrected chi connectivity index (χ0v) is 14.3. The minimum Gasteiger partial charge on any atom is -0.505 e. The number of aromatic nitrogens is 1. The number of carbonyl (C=O) groups excluding carboxylic acids is 2. The maximum atomic E-state index is 12.1. The standard InChI is InChI=1S/C16H15N3O5S/c1-3-24-15(22)12(13(20)10-7-5-4-6-8-10)18-19-16-17-9-11(25-16)14(21)23-2/h4-9,20H,3H2,1-2H3/b13-12+,19-18?. The lowest BCUT2D eigenvalue weighted by Gasteiger charge is -2.05. The first-order valence-electron chi connectivity index (χ1n) is 7.18. The summed E-state index contributed by atoms with van der Waals surface area (Å²) in [6.07, 6.45) is 1.29. The highest BCUT2D eigenvalue weighted by molar-refractivity contribution is 7.17. The van der Waals surface area contributed by atoms with Crippen LogP contribution < -0.4 is 0 Å². The Balaban J connectivity index is 2.35. The SMILES string of the molecule is CCOC(=O)/C(N=Nc1ncc(C(=O)OC)s1)=C(\O)c1ccccc1. The molecule has 2 aromatic rings. The number of rotatable bonds is 6. The second-order valence-electron chi connectivity index (χ2n) is 4.48. The van der Waals surface area contributed by atoms with E-state index in [0.29, 0.717) is 5.56 Å². The zero-order valence-electron chi connectivity index (χ0n) is 13.5. The van der Waals surface area contributed by atoms with Crippen LogP contribution >= 0.6 is 11.3 Å². The van der Waals surface area contributed by atoms with E-state index in [1.807, 2.05) is 0 Å². The summed E-state index contributed by atoms with van der Waals surface area (Å²) in [7, 11) is 1.25. The van der Waals surface area contributed by atoms with Crippen LogP contribution in [0.4, 0.5) is 5.13 Å². The van der Waals surface area contributed by atoms with Gasteiger partial charge in [0.2, 0.25) is 10.8 Å². The molecule has 130 valence electrons. The van der Waals surface area contributed by atoms with Gasteiger partial charge >= 0.3 is 11.9 Å². The van der Waals surface area contributed by atoms with Gasteiger partial charge < -0.3 is 14.6 Å². The van der Waals surface area contributed by atoms with Crippen LogP contribution in [-0.2, 0) is 14.3 Å². The smallest absolute Gasteiger partial charge is 0.362 e. The number of hydrogen-bond acceptors (Lipinski definition) is 9. The van der Waals surface area contributed by atoms with Crippen LogP contribution in [0.1, 0.15) is 22.2 Å². The number of esters is 2. The second-order valence-corrected chi connectivity index (χ2v) is 5.49. The van der Waals surface area contributed by atoms with Crippen molar-refractivity contribution in [2.75, 3.05) is 13.7 Å². The normalized spacial score (nSPS) is 11.9.